The van der Waals surface area contributed by atoms with Gasteiger partial charge in [-0.2, -0.15) is 0 Å². The lowest BCUT2D eigenvalue weighted by Crippen LogP contribution is -2.53. The zero-order chi connectivity index (χ0) is 18.1. The molecule has 3 heterocycles. The molecule has 0 saturated carbocycles. The zero-order valence-corrected chi connectivity index (χ0v) is 15.9. The molecule has 1 aromatic rings. The third-order valence-corrected chi connectivity index (χ3v) is 6.25. The van der Waals surface area contributed by atoms with Crippen molar-refractivity contribution in [1.82, 2.24) is 10.2 Å². The van der Waals surface area contributed by atoms with E-state index in [1.807, 2.05) is 18.2 Å². The highest BCUT2D eigenvalue weighted by Crippen LogP contribution is 2.44. The van der Waals surface area contributed by atoms with E-state index in [0.717, 1.165) is 50.1 Å². The summed E-state index contributed by atoms with van der Waals surface area (Å²) in [5.74, 6) is 1.05. The van der Waals surface area contributed by atoms with E-state index in [2.05, 4.69) is 30.1 Å². The van der Waals surface area contributed by atoms with Crippen LogP contribution in [0.1, 0.15) is 51.1 Å². The van der Waals surface area contributed by atoms with Crippen molar-refractivity contribution in [2.45, 2.75) is 57.2 Å². The summed E-state index contributed by atoms with van der Waals surface area (Å²) in [7, 11) is 0. The Morgan fingerprint density at radius 2 is 2.04 bits per heavy atom. The highest BCUT2D eigenvalue weighted by atomic mass is 16.5. The number of carbonyl (C=O) groups excluding carboxylic acids is 1. The quantitative estimate of drug-likeness (QED) is 0.903. The molecule has 1 N–H and O–H groups in total. The number of nitrogens with one attached hydrogen (secondary N) is 1. The fourth-order valence-electron chi connectivity index (χ4n) is 4.53. The minimum atomic E-state index is -0.163. The van der Waals surface area contributed by atoms with Gasteiger partial charge < -0.3 is 19.7 Å². The Morgan fingerprint density at radius 1 is 1.27 bits per heavy atom. The molecule has 2 saturated heterocycles. The predicted molar refractivity (Wildman–Crippen MR) is 100 cm³/mol. The van der Waals surface area contributed by atoms with Crippen molar-refractivity contribution in [3.63, 3.8) is 0 Å². The Morgan fingerprint density at radius 3 is 2.73 bits per heavy atom. The number of amides is 1. The molecule has 142 valence electrons. The van der Waals surface area contributed by atoms with Crippen molar-refractivity contribution in [1.29, 1.82) is 0 Å². The van der Waals surface area contributed by atoms with E-state index < -0.39 is 0 Å². The molecule has 0 bridgehead atoms. The lowest BCUT2D eigenvalue weighted by molar-refractivity contribution is -0.126. The van der Waals surface area contributed by atoms with Gasteiger partial charge in [0.2, 0.25) is 5.91 Å². The Labute approximate surface area is 156 Å². The molecular weight excluding hydrogens is 328 g/mol. The first-order valence-electron chi connectivity index (χ1n) is 9.96. The molecule has 0 aromatic heterocycles. The Bertz CT molecular complexity index is 646. The first-order valence-corrected chi connectivity index (χ1v) is 9.96. The highest BCUT2D eigenvalue weighted by molar-refractivity contribution is 5.79. The van der Waals surface area contributed by atoms with Gasteiger partial charge in [0, 0.05) is 37.7 Å². The van der Waals surface area contributed by atoms with Crippen LogP contribution < -0.4 is 10.1 Å². The first kappa shape index (κ1) is 17.8. The van der Waals surface area contributed by atoms with E-state index in [1.165, 1.54) is 0 Å². The summed E-state index contributed by atoms with van der Waals surface area (Å²) in [5.41, 5.74) is 0.945. The Hall–Kier alpha value is -1.59. The molecule has 5 nitrogen and oxygen atoms in total. The number of ether oxygens (including phenoxy) is 2. The van der Waals surface area contributed by atoms with E-state index in [4.69, 9.17) is 9.47 Å². The van der Waals surface area contributed by atoms with Crippen LogP contribution in [0.5, 0.6) is 5.75 Å². The van der Waals surface area contributed by atoms with Crippen molar-refractivity contribution in [2.75, 3.05) is 26.3 Å². The lowest BCUT2D eigenvalue weighted by atomic mass is 9.80. The van der Waals surface area contributed by atoms with Crippen LogP contribution in [0.3, 0.4) is 0 Å². The van der Waals surface area contributed by atoms with Crippen LogP contribution in [-0.2, 0) is 9.53 Å². The molecular formula is C21H30N2O3. The monoisotopic (exact) mass is 358 g/mol. The second-order valence-electron chi connectivity index (χ2n) is 8.28. The maximum Gasteiger partial charge on any atom is 0.226 e. The molecule has 0 unspecified atom stereocenters. The molecule has 3 aliphatic rings. The molecule has 2 fully saturated rings. The maximum absolute atomic E-state index is 12.7. The topological polar surface area (TPSA) is 50.8 Å². The number of benzene rings is 1. The molecule has 1 amide bonds. The van der Waals surface area contributed by atoms with Gasteiger partial charge in [-0.05, 0) is 39.2 Å². The normalized spacial score (nSPS) is 28.0. The molecule has 1 spiro atoms. The smallest absolute Gasteiger partial charge is 0.226 e. The predicted octanol–water partition coefficient (Wildman–Crippen LogP) is 2.91. The van der Waals surface area contributed by atoms with Crippen LogP contribution in [-0.4, -0.2) is 48.8 Å². The van der Waals surface area contributed by atoms with Gasteiger partial charge in [-0.25, -0.2) is 0 Å². The molecule has 26 heavy (non-hydrogen) atoms. The van der Waals surface area contributed by atoms with Gasteiger partial charge in [0.05, 0.1) is 18.6 Å². The van der Waals surface area contributed by atoms with Crippen molar-refractivity contribution in [2.24, 2.45) is 5.92 Å². The number of likely N-dealkylation sites (tertiary alicyclic amines) is 1. The summed E-state index contributed by atoms with van der Waals surface area (Å²) in [6.07, 6.45) is 3.71. The van der Waals surface area contributed by atoms with Crippen LogP contribution in [0.15, 0.2) is 24.3 Å². The average Bonchev–Trinajstić information content (AvgIpc) is 3.17. The van der Waals surface area contributed by atoms with Gasteiger partial charge in [0.1, 0.15) is 11.4 Å². The average molecular weight is 358 g/mol. The summed E-state index contributed by atoms with van der Waals surface area (Å²) >= 11 is 0. The number of nitrogens with zero attached hydrogens (tertiary/aromatic N) is 1. The van der Waals surface area contributed by atoms with Crippen LogP contribution in [0.25, 0.3) is 0 Å². The van der Waals surface area contributed by atoms with Gasteiger partial charge in [-0.15, -0.1) is 0 Å². The minimum absolute atomic E-state index is 0.0104. The number of fused-ring (bicyclic) bond motifs is 1. The maximum atomic E-state index is 12.7. The van der Waals surface area contributed by atoms with Crippen molar-refractivity contribution >= 4 is 5.91 Å². The largest absolute Gasteiger partial charge is 0.487 e. The van der Waals surface area contributed by atoms with Crippen molar-refractivity contribution < 1.29 is 14.3 Å². The number of hydrogen-bond donors (Lipinski definition) is 1. The fourth-order valence-corrected chi connectivity index (χ4v) is 4.53. The van der Waals surface area contributed by atoms with Gasteiger partial charge in [0.25, 0.3) is 0 Å². The Kier molecular flexibility index (Phi) is 4.93. The van der Waals surface area contributed by atoms with Crippen LogP contribution in [0.4, 0.5) is 0 Å². The van der Waals surface area contributed by atoms with Crippen molar-refractivity contribution in [3.8, 4) is 5.75 Å². The zero-order valence-electron chi connectivity index (χ0n) is 15.9. The summed E-state index contributed by atoms with van der Waals surface area (Å²) in [6.45, 7) is 7.85. The fraction of sp³-hybridized carbons (Fsp3) is 0.667. The molecule has 0 aliphatic carbocycles. The Balaban J connectivity index is 1.53. The first-order chi connectivity index (χ1) is 12.6. The van der Waals surface area contributed by atoms with Crippen LogP contribution >= 0.6 is 0 Å². The second kappa shape index (κ2) is 7.20. The van der Waals surface area contributed by atoms with E-state index in [1.54, 1.807) is 0 Å². The van der Waals surface area contributed by atoms with E-state index in [0.29, 0.717) is 19.3 Å². The SMILES string of the molecule is CC(C)N1CCC2(CC1)C[C@@H](NC(=O)[C@H]1CCOC1)c1ccccc1O2. The van der Waals surface area contributed by atoms with Crippen LogP contribution in [0.2, 0.25) is 0 Å². The molecule has 2 atom stereocenters. The standard InChI is InChI=1S/C21H30N2O3/c1-15(2)23-10-8-21(9-11-23)13-18(17-5-3-4-6-19(17)26-21)22-20(24)16-7-12-25-14-16/h3-6,15-16,18H,7-14H2,1-2H3,(H,22,24)/t16-,18+/m0/s1. The van der Waals surface area contributed by atoms with E-state index in [-0.39, 0.29) is 23.5 Å². The third kappa shape index (κ3) is 3.47. The van der Waals surface area contributed by atoms with Gasteiger partial charge in [-0.1, -0.05) is 18.2 Å². The van der Waals surface area contributed by atoms with Crippen LogP contribution in [0, 0.1) is 5.92 Å². The van der Waals surface area contributed by atoms with Gasteiger partial charge in [-0.3, -0.25) is 4.79 Å². The molecule has 4 rings (SSSR count). The number of rotatable bonds is 3. The number of hydrogen-bond acceptors (Lipinski definition) is 4. The lowest BCUT2D eigenvalue weighted by Gasteiger charge is -2.47. The summed E-state index contributed by atoms with van der Waals surface area (Å²) in [4.78, 5) is 15.2. The molecule has 1 aromatic carbocycles. The molecule has 5 heteroatoms. The van der Waals surface area contributed by atoms with Gasteiger partial charge >= 0.3 is 0 Å². The second-order valence-corrected chi connectivity index (χ2v) is 8.28. The van der Waals surface area contributed by atoms with E-state index in [9.17, 15) is 4.79 Å². The van der Waals surface area contributed by atoms with Crippen molar-refractivity contribution in [3.05, 3.63) is 29.8 Å². The number of para-hydroxylation sites is 1. The number of piperidine rings is 1. The molecule has 0 radical (unpaired) electrons. The minimum Gasteiger partial charge on any atom is -0.487 e. The highest BCUT2D eigenvalue weighted by Gasteiger charge is 2.44. The summed E-state index contributed by atoms with van der Waals surface area (Å²) in [5, 5.41) is 3.31. The molecule has 3 aliphatic heterocycles. The van der Waals surface area contributed by atoms with Gasteiger partial charge in [0.15, 0.2) is 0 Å². The number of carbonyl (C=O) groups is 1. The summed E-state index contributed by atoms with van der Waals surface area (Å²) in [6, 6.07) is 8.77. The van der Waals surface area contributed by atoms with E-state index >= 15 is 0 Å². The summed E-state index contributed by atoms with van der Waals surface area (Å²) < 4.78 is 11.9. The third-order valence-electron chi connectivity index (χ3n) is 6.25.